The van der Waals surface area contributed by atoms with Crippen LogP contribution in [0.4, 0.5) is 5.13 Å². The molecule has 0 bridgehead atoms. The average Bonchev–Trinajstić information content (AvgIpc) is 3.07. The molecule has 1 N–H and O–H groups in total. The molecule has 1 aliphatic rings. The first-order chi connectivity index (χ1) is 12.0. The summed E-state index contributed by atoms with van der Waals surface area (Å²) in [4.78, 5) is 20.6. The normalized spacial score (nSPS) is 14.8. The maximum atomic E-state index is 12.7. The minimum Gasteiger partial charge on any atom is -0.348 e. The highest BCUT2D eigenvalue weighted by Crippen LogP contribution is 2.32. The van der Waals surface area contributed by atoms with Gasteiger partial charge < -0.3 is 10.2 Å². The van der Waals surface area contributed by atoms with E-state index in [2.05, 4.69) is 24.1 Å². The molecule has 134 valence electrons. The topological polar surface area (TPSA) is 45.2 Å². The number of hydrogen-bond donors (Lipinski definition) is 1. The maximum absolute atomic E-state index is 12.7. The fourth-order valence-electron chi connectivity index (χ4n) is 2.96. The van der Waals surface area contributed by atoms with Gasteiger partial charge in [0.1, 0.15) is 4.88 Å². The molecule has 0 spiro atoms. The first-order valence-corrected chi connectivity index (χ1v) is 10.0. The van der Waals surface area contributed by atoms with E-state index in [9.17, 15) is 4.79 Å². The van der Waals surface area contributed by atoms with Crippen LogP contribution in [-0.2, 0) is 6.54 Å². The summed E-state index contributed by atoms with van der Waals surface area (Å²) in [5, 5.41) is 4.70. The molecular formula is C19H24ClN3OS. The number of piperidine rings is 1. The van der Waals surface area contributed by atoms with Crippen LogP contribution in [0, 0.1) is 0 Å². The Hall–Kier alpha value is -1.59. The Morgan fingerprint density at radius 3 is 2.56 bits per heavy atom. The van der Waals surface area contributed by atoms with E-state index in [-0.39, 0.29) is 11.8 Å². The lowest BCUT2D eigenvalue weighted by molar-refractivity contribution is 0.0953. The van der Waals surface area contributed by atoms with Gasteiger partial charge in [-0.05, 0) is 42.9 Å². The maximum Gasteiger partial charge on any atom is 0.263 e. The summed E-state index contributed by atoms with van der Waals surface area (Å²) in [5.41, 5.74) is 1.93. The second-order valence-corrected chi connectivity index (χ2v) is 8.14. The number of benzene rings is 1. The van der Waals surface area contributed by atoms with Gasteiger partial charge in [0.2, 0.25) is 0 Å². The van der Waals surface area contributed by atoms with E-state index in [0.29, 0.717) is 11.6 Å². The van der Waals surface area contributed by atoms with Gasteiger partial charge in [-0.15, -0.1) is 0 Å². The van der Waals surface area contributed by atoms with Gasteiger partial charge in [-0.25, -0.2) is 4.98 Å². The van der Waals surface area contributed by atoms with Crippen LogP contribution in [0.2, 0.25) is 5.02 Å². The number of hydrogen-bond acceptors (Lipinski definition) is 4. The molecule has 1 amide bonds. The number of carbonyl (C=O) groups is 1. The van der Waals surface area contributed by atoms with E-state index < -0.39 is 0 Å². The van der Waals surface area contributed by atoms with E-state index >= 15 is 0 Å². The molecular weight excluding hydrogens is 354 g/mol. The lowest BCUT2D eigenvalue weighted by atomic mass is 10.1. The lowest BCUT2D eigenvalue weighted by Gasteiger charge is -2.25. The van der Waals surface area contributed by atoms with E-state index in [1.807, 2.05) is 24.3 Å². The van der Waals surface area contributed by atoms with Crippen molar-refractivity contribution in [2.24, 2.45) is 0 Å². The second-order valence-electron chi connectivity index (χ2n) is 6.72. The Morgan fingerprint density at radius 2 is 1.92 bits per heavy atom. The monoisotopic (exact) mass is 377 g/mol. The molecule has 2 aromatic rings. The third-order valence-electron chi connectivity index (χ3n) is 4.39. The van der Waals surface area contributed by atoms with Gasteiger partial charge in [0.05, 0.1) is 5.69 Å². The summed E-state index contributed by atoms with van der Waals surface area (Å²) >= 11 is 7.43. The molecule has 1 aliphatic heterocycles. The first kappa shape index (κ1) is 18.2. The minimum absolute atomic E-state index is 0.0422. The van der Waals surface area contributed by atoms with E-state index in [1.54, 1.807) is 0 Å². The van der Waals surface area contributed by atoms with Crippen molar-refractivity contribution in [3.63, 3.8) is 0 Å². The van der Waals surface area contributed by atoms with Crippen LogP contribution in [0.1, 0.15) is 60.0 Å². The van der Waals surface area contributed by atoms with Crippen molar-refractivity contribution in [2.45, 2.75) is 45.6 Å². The van der Waals surface area contributed by atoms with Crippen LogP contribution in [0.15, 0.2) is 24.3 Å². The molecule has 0 atom stereocenters. The van der Waals surface area contributed by atoms with Crippen molar-refractivity contribution in [3.8, 4) is 0 Å². The molecule has 2 heterocycles. The Labute approximate surface area is 158 Å². The van der Waals surface area contributed by atoms with Gasteiger partial charge in [0.15, 0.2) is 5.13 Å². The number of amides is 1. The zero-order valence-electron chi connectivity index (χ0n) is 14.7. The summed E-state index contributed by atoms with van der Waals surface area (Å²) in [6.45, 7) is 6.74. The lowest BCUT2D eigenvalue weighted by Crippen LogP contribution is -2.29. The van der Waals surface area contributed by atoms with Crippen LogP contribution >= 0.6 is 22.9 Å². The number of nitrogens with zero attached hydrogens (tertiary/aromatic N) is 2. The van der Waals surface area contributed by atoms with Crippen molar-refractivity contribution < 1.29 is 4.79 Å². The smallest absolute Gasteiger partial charge is 0.263 e. The van der Waals surface area contributed by atoms with Crippen LogP contribution in [0.5, 0.6) is 0 Å². The van der Waals surface area contributed by atoms with Crippen LogP contribution in [0.25, 0.3) is 0 Å². The molecule has 1 fully saturated rings. The fourth-order valence-corrected chi connectivity index (χ4v) is 4.27. The number of carbonyl (C=O) groups excluding carboxylic acids is 1. The first-order valence-electron chi connectivity index (χ1n) is 8.83. The number of halogens is 1. The van der Waals surface area contributed by atoms with Crippen molar-refractivity contribution in [2.75, 3.05) is 18.0 Å². The van der Waals surface area contributed by atoms with Crippen LogP contribution < -0.4 is 10.2 Å². The number of thiazole rings is 1. The van der Waals surface area contributed by atoms with Crippen molar-refractivity contribution in [3.05, 3.63) is 45.4 Å². The number of aromatic nitrogens is 1. The van der Waals surface area contributed by atoms with E-state index in [1.165, 1.54) is 30.6 Å². The summed E-state index contributed by atoms with van der Waals surface area (Å²) in [5.74, 6) is 0.186. The van der Waals surface area contributed by atoms with Gasteiger partial charge in [-0.3, -0.25) is 4.79 Å². The molecule has 1 aromatic carbocycles. The highest BCUT2D eigenvalue weighted by molar-refractivity contribution is 7.17. The molecule has 4 nitrogen and oxygen atoms in total. The van der Waals surface area contributed by atoms with Gasteiger partial charge in [0.25, 0.3) is 5.91 Å². The Kier molecular flexibility index (Phi) is 5.97. The number of nitrogens with one attached hydrogen (secondary N) is 1. The zero-order valence-corrected chi connectivity index (χ0v) is 16.3. The summed E-state index contributed by atoms with van der Waals surface area (Å²) in [7, 11) is 0. The quantitative estimate of drug-likeness (QED) is 0.810. The Bertz CT molecular complexity index is 721. The highest BCUT2D eigenvalue weighted by Gasteiger charge is 2.23. The molecule has 3 rings (SSSR count). The molecule has 1 saturated heterocycles. The predicted molar refractivity (Wildman–Crippen MR) is 105 cm³/mol. The predicted octanol–water partition coefficient (Wildman–Crippen LogP) is 4.84. The SMILES string of the molecule is CC(C)c1nc(N2CCCCC2)sc1C(=O)NCc1ccc(Cl)cc1. The van der Waals surface area contributed by atoms with Gasteiger partial charge in [0, 0.05) is 24.7 Å². The molecule has 0 aliphatic carbocycles. The van der Waals surface area contributed by atoms with Crippen LogP contribution in [0.3, 0.4) is 0 Å². The average molecular weight is 378 g/mol. The summed E-state index contributed by atoms with van der Waals surface area (Å²) in [6.07, 6.45) is 3.69. The number of rotatable bonds is 5. The molecule has 1 aromatic heterocycles. The van der Waals surface area contributed by atoms with Gasteiger partial charge in [-0.2, -0.15) is 0 Å². The third-order valence-corrected chi connectivity index (χ3v) is 5.77. The van der Waals surface area contributed by atoms with E-state index in [0.717, 1.165) is 34.4 Å². The largest absolute Gasteiger partial charge is 0.348 e. The molecule has 6 heteroatoms. The summed E-state index contributed by atoms with van der Waals surface area (Å²) < 4.78 is 0. The van der Waals surface area contributed by atoms with Crippen molar-refractivity contribution in [1.82, 2.24) is 10.3 Å². The summed E-state index contributed by atoms with van der Waals surface area (Å²) in [6, 6.07) is 7.53. The second kappa shape index (κ2) is 8.19. The third kappa shape index (κ3) is 4.53. The standard InChI is InChI=1S/C19H24ClN3OS/c1-13(2)16-17(25-19(22-16)23-10-4-3-5-11-23)18(24)21-12-14-6-8-15(20)9-7-14/h6-9,13H,3-5,10-12H2,1-2H3,(H,21,24). The Morgan fingerprint density at radius 1 is 1.24 bits per heavy atom. The molecule has 25 heavy (non-hydrogen) atoms. The highest BCUT2D eigenvalue weighted by atomic mass is 35.5. The molecule has 0 unspecified atom stereocenters. The van der Waals surface area contributed by atoms with Gasteiger partial charge >= 0.3 is 0 Å². The molecule has 0 saturated carbocycles. The minimum atomic E-state index is -0.0422. The van der Waals surface area contributed by atoms with Crippen molar-refractivity contribution in [1.29, 1.82) is 0 Å². The van der Waals surface area contributed by atoms with E-state index in [4.69, 9.17) is 16.6 Å². The fraction of sp³-hybridized carbons (Fsp3) is 0.474. The molecule has 0 radical (unpaired) electrons. The van der Waals surface area contributed by atoms with Crippen LogP contribution in [-0.4, -0.2) is 24.0 Å². The Balaban J connectivity index is 1.73. The number of anilines is 1. The van der Waals surface area contributed by atoms with Crippen molar-refractivity contribution >= 4 is 34.0 Å². The van der Waals surface area contributed by atoms with Gasteiger partial charge in [-0.1, -0.05) is 48.9 Å². The zero-order chi connectivity index (χ0) is 17.8.